The summed E-state index contributed by atoms with van der Waals surface area (Å²) in [5.41, 5.74) is 4.21. The van der Waals surface area contributed by atoms with Crippen LogP contribution in [0, 0.1) is 0 Å². The van der Waals surface area contributed by atoms with Crippen molar-refractivity contribution in [3.63, 3.8) is 0 Å². The predicted octanol–water partition coefficient (Wildman–Crippen LogP) is 5.40. The topological polar surface area (TPSA) is 15.3 Å². The van der Waals surface area contributed by atoms with Gasteiger partial charge in [0.25, 0.3) is 0 Å². The van der Waals surface area contributed by atoms with Crippen molar-refractivity contribution >= 4 is 0 Å². The van der Waals surface area contributed by atoms with Crippen LogP contribution in [0.5, 0.6) is 0 Å². The molecule has 1 heterocycles. The third-order valence-corrected chi connectivity index (χ3v) is 5.94. The first-order chi connectivity index (χ1) is 13.8. The summed E-state index contributed by atoms with van der Waals surface area (Å²) in [7, 11) is 0. The number of nitrogens with one attached hydrogen (secondary N) is 1. The zero-order valence-electron chi connectivity index (χ0n) is 16.7. The minimum absolute atomic E-state index is 0.359. The molecule has 0 spiro atoms. The van der Waals surface area contributed by atoms with Gasteiger partial charge in [-0.15, -0.1) is 0 Å². The van der Waals surface area contributed by atoms with E-state index in [1.54, 1.807) is 0 Å². The van der Waals surface area contributed by atoms with Gasteiger partial charge >= 0.3 is 0 Å². The molecule has 0 bridgehead atoms. The van der Waals surface area contributed by atoms with E-state index in [1.165, 1.54) is 23.1 Å². The fraction of sp³-hybridized carbons (Fsp3) is 0.308. The Morgan fingerprint density at radius 2 is 1.46 bits per heavy atom. The van der Waals surface area contributed by atoms with Crippen molar-refractivity contribution in [3.8, 4) is 0 Å². The van der Waals surface area contributed by atoms with E-state index < -0.39 is 0 Å². The number of piperidine rings is 1. The van der Waals surface area contributed by atoms with E-state index >= 15 is 0 Å². The van der Waals surface area contributed by atoms with Crippen LogP contribution in [0.4, 0.5) is 0 Å². The minimum atomic E-state index is 0.359. The molecule has 144 valence electrons. The lowest BCUT2D eigenvalue weighted by Gasteiger charge is -2.40. The van der Waals surface area contributed by atoms with Crippen LogP contribution in [0.2, 0.25) is 0 Å². The van der Waals surface area contributed by atoms with Gasteiger partial charge in [-0.1, -0.05) is 91.0 Å². The summed E-state index contributed by atoms with van der Waals surface area (Å²) in [6.07, 6.45) is 1.17. The lowest BCUT2D eigenvalue weighted by atomic mass is 9.85. The third-order valence-electron chi connectivity index (χ3n) is 5.94. The maximum Gasteiger partial charge on any atom is 0.0294 e. The van der Waals surface area contributed by atoms with Crippen molar-refractivity contribution in [3.05, 3.63) is 108 Å². The Hall–Kier alpha value is -2.42. The molecule has 1 N–H and O–H groups in total. The summed E-state index contributed by atoms with van der Waals surface area (Å²) in [5.74, 6) is 0.504. The molecular weight excluding hydrogens is 340 g/mol. The molecular formula is C26H30N2. The Labute approximate surface area is 169 Å². The van der Waals surface area contributed by atoms with E-state index in [0.29, 0.717) is 18.0 Å². The molecule has 1 aliphatic heterocycles. The van der Waals surface area contributed by atoms with Crippen molar-refractivity contribution in [1.29, 1.82) is 0 Å². The number of likely N-dealkylation sites (tertiary alicyclic amines) is 1. The molecule has 0 radical (unpaired) electrons. The number of nitrogens with zero attached hydrogens (tertiary/aromatic N) is 1. The molecule has 0 amide bonds. The van der Waals surface area contributed by atoms with Gasteiger partial charge in [0, 0.05) is 37.6 Å². The first kappa shape index (κ1) is 18.9. The summed E-state index contributed by atoms with van der Waals surface area (Å²) in [6.45, 7) is 5.55. The Bertz CT molecular complexity index is 832. The Morgan fingerprint density at radius 1 is 0.857 bits per heavy atom. The molecule has 4 rings (SSSR count). The highest BCUT2D eigenvalue weighted by Gasteiger charge is 2.31. The average Bonchev–Trinajstić information content (AvgIpc) is 2.77. The van der Waals surface area contributed by atoms with Gasteiger partial charge in [0.15, 0.2) is 0 Å². The smallest absolute Gasteiger partial charge is 0.0294 e. The summed E-state index contributed by atoms with van der Waals surface area (Å²) in [6, 6.07) is 33.5. The van der Waals surface area contributed by atoms with E-state index in [9.17, 15) is 0 Å². The predicted molar refractivity (Wildman–Crippen MR) is 117 cm³/mol. The molecule has 0 unspecified atom stereocenters. The molecule has 3 aromatic carbocycles. The van der Waals surface area contributed by atoms with Gasteiger partial charge in [-0.3, -0.25) is 4.90 Å². The van der Waals surface area contributed by atoms with Crippen LogP contribution in [0.1, 0.15) is 42.0 Å². The lowest BCUT2D eigenvalue weighted by molar-refractivity contribution is 0.162. The van der Waals surface area contributed by atoms with Crippen molar-refractivity contribution in [2.45, 2.75) is 37.9 Å². The van der Waals surface area contributed by atoms with E-state index in [-0.39, 0.29) is 0 Å². The molecule has 28 heavy (non-hydrogen) atoms. The standard InChI is InChI=1S/C26H30N2/c1-21(23-13-7-3-8-14-23)27-26-17-18-28(19-22-11-5-2-6-12-22)20-25(26)24-15-9-4-10-16-24/h2-16,21,25-27H,17-20H2,1H3/t21-,25+,26-/m0/s1. The fourth-order valence-corrected chi connectivity index (χ4v) is 4.40. The van der Waals surface area contributed by atoms with Crippen LogP contribution in [0.15, 0.2) is 91.0 Å². The van der Waals surface area contributed by atoms with Gasteiger partial charge in [0.2, 0.25) is 0 Å². The fourth-order valence-electron chi connectivity index (χ4n) is 4.40. The third kappa shape index (κ3) is 4.70. The van der Waals surface area contributed by atoms with Gasteiger partial charge in [-0.2, -0.15) is 0 Å². The second-order valence-electron chi connectivity index (χ2n) is 7.93. The van der Waals surface area contributed by atoms with Crippen LogP contribution >= 0.6 is 0 Å². The first-order valence-corrected chi connectivity index (χ1v) is 10.4. The molecule has 3 aromatic rings. The zero-order valence-corrected chi connectivity index (χ0v) is 16.7. The van der Waals surface area contributed by atoms with E-state index in [1.807, 2.05) is 0 Å². The number of benzene rings is 3. The molecule has 0 saturated carbocycles. The number of rotatable bonds is 6. The van der Waals surface area contributed by atoms with Gasteiger partial charge in [0.05, 0.1) is 0 Å². The van der Waals surface area contributed by atoms with Gasteiger partial charge in [-0.05, 0) is 30.0 Å². The molecule has 1 fully saturated rings. The normalized spacial score (nSPS) is 21.3. The van der Waals surface area contributed by atoms with Crippen LogP contribution in [0.25, 0.3) is 0 Å². The van der Waals surface area contributed by atoms with Gasteiger partial charge < -0.3 is 5.32 Å². The first-order valence-electron chi connectivity index (χ1n) is 10.4. The van der Waals surface area contributed by atoms with Crippen molar-refractivity contribution in [2.24, 2.45) is 0 Å². The van der Waals surface area contributed by atoms with Crippen molar-refractivity contribution in [1.82, 2.24) is 10.2 Å². The second-order valence-corrected chi connectivity index (χ2v) is 7.93. The minimum Gasteiger partial charge on any atom is -0.307 e. The summed E-state index contributed by atoms with van der Waals surface area (Å²) in [4.78, 5) is 2.61. The van der Waals surface area contributed by atoms with Crippen LogP contribution in [-0.2, 0) is 6.54 Å². The molecule has 3 atom stereocenters. The highest BCUT2D eigenvalue weighted by Crippen LogP contribution is 2.30. The van der Waals surface area contributed by atoms with E-state index in [2.05, 4.69) is 108 Å². The average molecular weight is 371 g/mol. The molecule has 2 heteroatoms. The molecule has 0 aromatic heterocycles. The van der Waals surface area contributed by atoms with Gasteiger partial charge in [0.1, 0.15) is 0 Å². The largest absolute Gasteiger partial charge is 0.307 e. The number of hydrogen-bond acceptors (Lipinski definition) is 2. The van der Waals surface area contributed by atoms with Crippen LogP contribution < -0.4 is 5.32 Å². The number of hydrogen-bond donors (Lipinski definition) is 1. The maximum absolute atomic E-state index is 3.94. The van der Waals surface area contributed by atoms with E-state index in [0.717, 1.165) is 19.6 Å². The Balaban J connectivity index is 1.50. The zero-order chi connectivity index (χ0) is 19.2. The molecule has 0 aliphatic carbocycles. The molecule has 2 nitrogen and oxygen atoms in total. The van der Waals surface area contributed by atoms with Gasteiger partial charge in [-0.25, -0.2) is 0 Å². The van der Waals surface area contributed by atoms with Crippen LogP contribution in [-0.4, -0.2) is 24.0 Å². The SMILES string of the molecule is C[C@H](N[C@H]1CCN(Cc2ccccc2)C[C@@H]1c1ccccc1)c1ccccc1. The highest BCUT2D eigenvalue weighted by atomic mass is 15.2. The Morgan fingerprint density at radius 3 is 2.14 bits per heavy atom. The Kier molecular flexibility index (Phi) is 6.20. The molecule has 1 saturated heterocycles. The second kappa shape index (κ2) is 9.18. The quantitative estimate of drug-likeness (QED) is 0.625. The molecule has 1 aliphatic rings. The summed E-state index contributed by atoms with van der Waals surface area (Å²) < 4.78 is 0. The lowest BCUT2D eigenvalue weighted by Crippen LogP contribution is -2.48. The van der Waals surface area contributed by atoms with Crippen molar-refractivity contribution < 1.29 is 0 Å². The summed E-state index contributed by atoms with van der Waals surface area (Å²) >= 11 is 0. The summed E-state index contributed by atoms with van der Waals surface area (Å²) in [5, 5.41) is 3.94. The van der Waals surface area contributed by atoms with Crippen LogP contribution in [0.3, 0.4) is 0 Å². The van der Waals surface area contributed by atoms with E-state index in [4.69, 9.17) is 0 Å². The van der Waals surface area contributed by atoms with Crippen molar-refractivity contribution in [2.75, 3.05) is 13.1 Å². The monoisotopic (exact) mass is 370 g/mol. The maximum atomic E-state index is 3.94. The highest BCUT2D eigenvalue weighted by molar-refractivity contribution is 5.24.